The third-order valence-corrected chi connectivity index (χ3v) is 5.08. The molecule has 3 rings (SSSR count). The van der Waals surface area contributed by atoms with Gasteiger partial charge in [-0.2, -0.15) is 0 Å². The average Bonchev–Trinajstić information content (AvgIpc) is 2.85. The van der Waals surface area contributed by atoms with Crippen LogP contribution in [0.3, 0.4) is 0 Å². The number of rotatable bonds is 13. The summed E-state index contributed by atoms with van der Waals surface area (Å²) in [7, 11) is 1.58. The van der Waals surface area contributed by atoms with Gasteiger partial charge in [0.25, 0.3) is 0 Å². The van der Waals surface area contributed by atoms with E-state index in [0.29, 0.717) is 37.8 Å². The molecule has 3 N–H and O–H groups in total. The van der Waals surface area contributed by atoms with E-state index >= 15 is 0 Å². The highest BCUT2D eigenvalue weighted by Crippen LogP contribution is 2.28. The number of amides is 1. The van der Waals surface area contributed by atoms with Crippen molar-refractivity contribution >= 4 is 5.91 Å². The van der Waals surface area contributed by atoms with Crippen molar-refractivity contribution in [1.29, 1.82) is 0 Å². The van der Waals surface area contributed by atoms with Crippen molar-refractivity contribution in [1.82, 2.24) is 5.32 Å². The SMILES string of the molecule is COc1cc(CC(=O)NCCCc2cccc(OCc3ccccc3)c2)ccc1OCCN. The van der Waals surface area contributed by atoms with Gasteiger partial charge in [0.05, 0.1) is 13.5 Å². The smallest absolute Gasteiger partial charge is 0.224 e. The molecule has 0 spiro atoms. The third kappa shape index (κ3) is 8.16. The monoisotopic (exact) mass is 448 g/mol. The number of ether oxygens (including phenoxy) is 3. The minimum atomic E-state index is -0.0207. The van der Waals surface area contributed by atoms with Crippen LogP contribution in [0.4, 0.5) is 0 Å². The van der Waals surface area contributed by atoms with E-state index in [1.807, 2.05) is 60.7 Å². The number of nitrogens with two attached hydrogens (primary N) is 1. The highest BCUT2D eigenvalue weighted by Gasteiger charge is 2.09. The Kier molecular flexibility index (Phi) is 9.61. The van der Waals surface area contributed by atoms with Crippen LogP contribution in [0, 0.1) is 0 Å². The van der Waals surface area contributed by atoms with E-state index in [-0.39, 0.29) is 12.3 Å². The van der Waals surface area contributed by atoms with Crippen molar-refractivity contribution in [3.63, 3.8) is 0 Å². The second-order valence-corrected chi connectivity index (χ2v) is 7.67. The van der Waals surface area contributed by atoms with Gasteiger partial charge in [0, 0.05) is 13.1 Å². The molecule has 0 aliphatic heterocycles. The van der Waals surface area contributed by atoms with Crippen LogP contribution in [0.1, 0.15) is 23.1 Å². The molecule has 0 aliphatic rings. The highest BCUT2D eigenvalue weighted by molar-refractivity contribution is 5.78. The first-order chi connectivity index (χ1) is 16.2. The molecule has 0 unspecified atom stereocenters. The Balaban J connectivity index is 1.40. The summed E-state index contributed by atoms with van der Waals surface area (Å²) in [5.74, 6) is 2.06. The third-order valence-electron chi connectivity index (χ3n) is 5.08. The first-order valence-corrected chi connectivity index (χ1v) is 11.2. The van der Waals surface area contributed by atoms with Crippen molar-refractivity contribution in [2.24, 2.45) is 5.73 Å². The van der Waals surface area contributed by atoms with Crippen LogP contribution in [0.5, 0.6) is 17.2 Å². The van der Waals surface area contributed by atoms with Gasteiger partial charge in [0.2, 0.25) is 5.91 Å². The molecule has 0 fully saturated rings. The van der Waals surface area contributed by atoms with Crippen LogP contribution in [0.2, 0.25) is 0 Å². The van der Waals surface area contributed by atoms with E-state index in [1.165, 1.54) is 5.56 Å². The van der Waals surface area contributed by atoms with E-state index < -0.39 is 0 Å². The van der Waals surface area contributed by atoms with Crippen LogP contribution in [-0.2, 0) is 24.2 Å². The van der Waals surface area contributed by atoms with Gasteiger partial charge in [-0.05, 0) is 53.8 Å². The maximum atomic E-state index is 12.3. The van der Waals surface area contributed by atoms with Crippen molar-refractivity contribution in [3.05, 3.63) is 89.5 Å². The summed E-state index contributed by atoms with van der Waals surface area (Å²) in [5, 5.41) is 2.99. The van der Waals surface area contributed by atoms with Crippen LogP contribution >= 0.6 is 0 Å². The normalized spacial score (nSPS) is 10.5. The Hall–Kier alpha value is -3.51. The lowest BCUT2D eigenvalue weighted by atomic mass is 10.1. The van der Waals surface area contributed by atoms with Crippen LogP contribution in [0.15, 0.2) is 72.8 Å². The van der Waals surface area contributed by atoms with Crippen molar-refractivity contribution < 1.29 is 19.0 Å². The van der Waals surface area contributed by atoms with Gasteiger partial charge < -0.3 is 25.3 Å². The zero-order chi connectivity index (χ0) is 23.3. The molecular weight excluding hydrogens is 416 g/mol. The highest BCUT2D eigenvalue weighted by atomic mass is 16.5. The molecule has 0 saturated carbocycles. The molecule has 0 aromatic heterocycles. The largest absolute Gasteiger partial charge is 0.493 e. The Labute approximate surface area is 195 Å². The van der Waals surface area contributed by atoms with Gasteiger partial charge in [0.15, 0.2) is 11.5 Å². The number of carbonyl (C=O) groups excluding carboxylic acids is 1. The van der Waals surface area contributed by atoms with Crippen molar-refractivity contribution in [2.75, 3.05) is 26.8 Å². The lowest BCUT2D eigenvalue weighted by Crippen LogP contribution is -2.26. The summed E-state index contributed by atoms with van der Waals surface area (Å²) >= 11 is 0. The number of nitrogens with one attached hydrogen (secondary N) is 1. The predicted octanol–water partition coefficient (Wildman–Crippen LogP) is 3.90. The van der Waals surface area contributed by atoms with Gasteiger partial charge >= 0.3 is 0 Å². The molecule has 6 heteroatoms. The molecule has 0 aliphatic carbocycles. The Bertz CT molecular complexity index is 1010. The summed E-state index contributed by atoms with van der Waals surface area (Å²) < 4.78 is 16.8. The van der Waals surface area contributed by atoms with Crippen LogP contribution < -0.4 is 25.3 Å². The molecule has 0 heterocycles. The van der Waals surface area contributed by atoms with Crippen LogP contribution in [0.25, 0.3) is 0 Å². The van der Waals surface area contributed by atoms with E-state index in [4.69, 9.17) is 19.9 Å². The molecule has 174 valence electrons. The van der Waals surface area contributed by atoms with Crippen molar-refractivity contribution in [2.45, 2.75) is 25.9 Å². The van der Waals surface area contributed by atoms with Crippen molar-refractivity contribution in [3.8, 4) is 17.2 Å². The standard InChI is InChI=1S/C27H32N2O4/c1-31-26-18-23(12-13-25(26)32-16-14-28)19-27(30)29-15-6-10-21-9-5-11-24(17-21)33-20-22-7-3-2-4-8-22/h2-5,7-9,11-13,17-18H,6,10,14-16,19-20,28H2,1H3,(H,29,30). The number of carbonyl (C=O) groups is 1. The second-order valence-electron chi connectivity index (χ2n) is 7.67. The molecule has 1 amide bonds. The maximum Gasteiger partial charge on any atom is 0.224 e. The lowest BCUT2D eigenvalue weighted by molar-refractivity contribution is -0.120. The van der Waals surface area contributed by atoms with Crippen LogP contribution in [-0.4, -0.2) is 32.7 Å². The molecule has 0 bridgehead atoms. The molecule has 3 aromatic rings. The fraction of sp³-hybridized carbons (Fsp3) is 0.296. The minimum Gasteiger partial charge on any atom is -0.493 e. The van der Waals surface area contributed by atoms with Gasteiger partial charge in [-0.15, -0.1) is 0 Å². The van der Waals surface area contributed by atoms with E-state index in [9.17, 15) is 4.79 Å². The number of methoxy groups -OCH3 is 1. The van der Waals surface area contributed by atoms with Gasteiger partial charge in [0.1, 0.15) is 19.0 Å². The molecular formula is C27H32N2O4. The first-order valence-electron chi connectivity index (χ1n) is 11.2. The van der Waals surface area contributed by atoms with Gasteiger partial charge in [-0.3, -0.25) is 4.79 Å². The minimum absolute atomic E-state index is 0.0207. The molecule has 3 aromatic carbocycles. The maximum absolute atomic E-state index is 12.3. The van der Waals surface area contributed by atoms with E-state index in [0.717, 1.165) is 29.7 Å². The Morgan fingerprint density at radius 3 is 2.48 bits per heavy atom. The van der Waals surface area contributed by atoms with Gasteiger partial charge in [-0.25, -0.2) is 0 Å². The Morgan fingerprint density at radius 2 is 1.70 bits per heavy atom. The topological polar surface area (TPSA) is 82.8 Å². The fourth-order valence-corrected chi connectivity index (χ4v) is 3.41. The number of hydrogen-bond acceptors (Lipinski definition) is 5. The van der Waals surface area contributed by atoms with Gasteiger partial charge in [-0.1, -0.05) is 48.5 Å². The Morgan fingerprint density at radius 1 is 0.879 bits per heavy atom. The summed E-state index contributed by atoms with van der Waals surface area (Å²) in [5.41, 5.74) is 8.67. The molecule has 0 radical (unpaired) electrons. The summed E-state index contributed by atoms with van der Waals surface area (Å²) in [4.78, 5) is 12.3. The molecule has 0 atom stereocenters. The summed E-state index contributed by atoms with van der Waals surface area (Å²) in [6.07, 6.45) is 2.00. The average molecular weight is 449 g/mol. The molecule has 6 nitrogen and oxygen atoms in total. The van der Waals surface area contributed by atoms with E-state index in [1.54, 1.807) is 7.11 Å². The number of benzene rings is 3. The van der Waals surface area contributed by atoms with E-state index in [2.05, 4.69) is 17.4 Å². The number of aryl methyl sites for hydroxylation is 1. The molecule has 33 heavy (non-hydrogen) atoms. The lowest BCUT2D eigenvalue weighted by Gasteiger charge is -2.12. The predicted molar refractivity (Wildman–Crippen MR) is 130 cm³/mol. The second kappa shape index (κ2) is 13.1. The first kappa shape index (κ1) is 24.1. The zero-order valence-electron chi connectivity index (χ0n) is 19.1. The summed E-state index contributed by atoms with van der Waals surface area (Å²) in [6, 6.07) is 23.7. The fourth-order valence-electron chi connectivity index (χ4n) is 3.41. The zero-order valence-corrected chi connectivity index (χ0v) is 19.1. The quantitative estimate of drug-likeness (QED) is 0.388. The molecule has 0 saturated heterocycles. The summed E-state index contributed by atoms with van der Waals surface area (Å²) in [6.45, 7) is 2.00. The number of hydrogen-bond donors (Lipinski definition) is 2.